The monoisotopic (exact) mass is 344 g/mol. The number of ketones is 2. The third kappa shape index (κ3) is 2.82. The highest BCUT2D eigenvalue weighted by atomic mass is 16.6. The van der Waals surface area contributed by atoms with Gasteiger partial charge in [0.25, 0.3) is 0 Å². The summed E-state index contributed by atoms with van der Waals surface area (Å²) in [7, 11) is 0. The van der Waals surface area contributed by atoms with Crippen molar-refractivity contribution in [2.24, 2.45) is 16.7 Å². The molecule has 0 aromatic heterocycles. The first-order valence-electron chi connectivity index (χ1n) is 8.84. The second-order valence-corrected chi connectivity index (χ2v) is 8.11. The van der Waals surface area contributed by atoms with Gasteiger partial charge in [0, 0.05) is 12.3 Å². The van der Waals surface area contributed by atoms with Crippen molar-refractivity contribution in [1.29, 1.82) is 0 Å². The maximum absolute atomic E-state index is 13.5. The summed E-state index contributed by atoms with van der Waals surface area (Å²) < 4.78 is 5.76. The van der Waals surface area contributed by atoms with Crippen molar-refractivity contribution < 1.29 is 19.1 Å². The normalized spacial score (nSPS) is 32.4. The van der Waals surface area contributed by atoms with Gasteiger partial charge in [-0.1, -0.05) is 39.8 Å². The number of allylic oxidation sites excluding steroid dienone is 2. The zero-order valence-corrected chi connectivity index (χ0v) is 15.7. The number of hydrogen-bond donors (Lipinski definition) is 0. The quantitative estimate of drug-likeness (QED) is 0.317. The molecular formula is C21H28O4. The highest BCUT2D eigenvalue weighted by Crippen LogP contribution is 2.57. The van der Waals surface area contributed by atoms with Crippen molar-refractivity contribution in [1.82, 2.24) is 0 Å². The first-order valence-corrected chi connectivity index (χ1v) is 8.84. The van der Waals surface area contributed by atoms with E-state index in [1.165, 1.54) is 6.08 Å². The summed E-state index contributed by atoms with van der Waals surface area (Å²) in [6.07, 6.45) is 6.18. The molecule has 1 saturated heterocycles. The molecule has 2 bridgehead atoms. The van der Waals surface area contributed by atoms with Gasteiger partial charge >= 0.3 is 5.97 Å². The van der Waals surface area contributed by atoms with Gasteiger partial charge in [0.15, 0.2) is 17.2 Å². The summed E-state index contributed by atoms with van der Waals surface area (Å²) in [5.41, 5.74) is -2.46. The van der Waals surface area contributed by atoms with Gasteiger partial charge in [0.2, 0.25) is 0 Å². The minimum Gasteiger partial charge on any atom is -0.445 e. The van der Waals surface area contributed by atoms with Crippen molar-refractivity contribution in [3.05, 3.63) is 37.0 Å². The third-order valence-corrected chi connectivity index (χ3v) is 5.58. The number of carbonyl (C=O) groups excluding carboxylic acids is 3. The van der Waals surface area contributed by atoms with Crippen LogP contribution in [0.4, 0.5) is 0 Å². The summed E-state index contributed by atoms with van der Waals surface area (Å²) in [6, 6.07) is 0. The lowest BCUT2D eigenvalue weighted by Crippen LogP contribution is -2.44. The van der Waals surface area contributed by atoms with E-state index in [1.54, 1.807) is 12.2 Å². The molecule has 0 amide bonds. The summed E-state index contributed by atoms with van der Waals surface area (Å²) in [4.78, 5) is 38.7. The van der Waals surface area contributed by atoms with Crippen LogP contribution in [0.25, 0.3) is 0 Å². The van der Waals surface area contributed by atoms with Gasteiger partial charge in [-0.05, 0) is 36.3 Å². The molecule has 0 unspecified atom stereocenters. The average Bonchev–Trinajstić information content (AvgIpc) is 2.69. The molecule has 2 aliphatic rings. The number of esters is 1. The second-order valence-electron chi connectivity index (χ2n) is 8.11. The molecule has 0 spiro atoms. The molecule has 136 valence electrons. The SMILES string of the molecule is C=CC[C@]12CCC(C)(C)/C(=C/C(=O)C(C)C)[C@](CC=C)(OC1=O)C2=O. The molecule has 2 atom stereocenters. The summed E-state index contributed by atoms with van der Waals surface area (Å²) in [5.74, 6) is -1.02. The lowest BCUT2D eigenvalue weighted by Gasteiger charge is -2.37. The van der Waals surface area contributed by atoms with E-state index in [-0.39, 0.29) is 30.3 Å². The Hall–Kier alpha value is -1.97. The van der Waals surface area contributed by atoms with Crippen molar-refractivity contribution in [3.8, 4) is 0 Å². The van der Waals surface area contributed by atoms with Crippen LogP contribution in [0, 0.1) is 16.7 Å². The number of rotatable bonds is 6. The Kier molecular flexibility index (Phi) is 4.95. The van der Waals surface area contributed by atoms with E-state index in [4.69, 9.17) is 4.74 Å². The molecule has 0 radical (unpaired) electrons. The Morgan fingerprint density at radius 1 is 1.16 bits per heavy atom. The Bertz CT molecular complexity index is 667. The molecule has 1 aliphatic carbocycles. The third-order valence-electron chi connectivity index (χ3n) is 5.58. The molecule has 1 heterocycles. The molecule has 0 aromatic rings. The standard InChI is InChI=1S/C21H28O4/c1-7-9-20-12-11-19(5,6)16(13-15(22)14(3)4)21(10-8-2,17(20)23)25-18(20)24/h7-8,13-14H,1-2,9-12H2,3-6H3/b16-13-/t20-,21+/m1/s1. The smallest absolute Gasteiger partial charge is 0.321 e. The van der Waals surface area contributed by atoms with Gasteiger partial charge in [0.05, 0.1) is 0 Å². The lowest BCUT2D eigenvalue weighted by atomic mass is 9.70. The summed E-state index contributed by atoms with van der Waals surface area (Å²) >= 11 is 0. The van der Waals surface area contributed by atoms with Crippen LogP contribution in [-0.4, -0.2) is 23.1 Å². The highest BCUT2D eigenvalue weighted by Gasteiger charge is 2.68. The number of Topliss-reactive ketones (excluding diaryl/α,β-unsaturated/α-hetero) is 1. The van der Waals surface area contributed by atoms with Crippen LogP contribution in [-0.2, 0) is 19.1 Å². The topological polar surface area (TPSA) is 60.4 Å². The maximum atomic E-state index is 13.5. The predicted octanol–water partition coefficient (Wildman–Crippen LogP) is 3.96. The molecule has 4 heteroatoms. The minimum atomic E-state index is -1.42. The second kappa shape index (κ2) is 6.40. The number of carbonyl (C=O) groups is 3. The molecule has 2 rings (SSSR count). The number of hydrogen-bond acceptors (Lipinski definition) is 4. The van der Waals surface area contributed by atoms with Gasteiger partial charge in [-0.15, -0.1) is 13.2 Å². The fourth-order valence-electron chi connectivity index (χ4n) is 3.97. The molecule has 1 saturated carbocycles. The van der Waals surface area contributed by atoms with Gasteiger partial charge in [-0.3, -0.25) is 14.4 Å². The predicted molar refractivity (Wildman–Crippen MR) is 96.8 cm³/mol. The fraction of sp³-hybridized carbons (Fsp3) is 0.571. The molecule has 0 aromatic carbocycles. The van der Waals surface area contributed by atoms with Crippen LogP contribution in [0.5, 0.6) is 0 Å². The van der Waals surface area contributed by atoms with Crippen molar-refractivity contribution in [2.45, 2.75) is 59.0 Å². The van der Waals surface area contributed by atoms with Crippen molar-refractivity contribution in [2.75, 3.05) is 0 Å². The number of fused-ring (bicyclic) bond motifs is 2. The largest absolute Gasteiger partial charge is 0.445 e. The number of ether oxygens (including phenoxy) is 1. The zero-order chi connectivity index (χ0) is 19.0. The first kappa shape index (κ1) is 19.4. The maximum Gasteiger partial charge on any atom is 0.321 e. The van der Waals surface area contributed by atoms with Crippen LogP contribution in [0.3, 0.4) is 0 Å². The fourth-order valence-corrected chi connectivity index (χ4v) is 3.97. The molecule has 4 nitrogen and oxygen atoms in total. The lowest BCUT2D eigenvalue weighted by molar-refractivity contribution is -0.154. The molecule has 25 heavy (non-hydrogen) atoms. The van der Waals surface area contributed by atoms with Crippen LogP contribution in [0.2, 0.25) is 0 Å². The van der Waals surface area contributed by atoms with Gasteiger partial charge in [-0.2, -0.15) is 0 Å². The van der Waals surface area contributed by atoms with Crippen molar-refractivity contribution in [3.63, 3.8) is 0 Å². The Morgan fingerprint density at radius 2 is 1.76 bits per heavy atom. The Labute approximate surface area is 150 Å². The van der Waals surface area contributed by atoms with Crippen LogP contribution in [0.15, 0.2) is 37.0 Å². The van der Waals surface area contributed by atoms with Crippen LogP contribution < -0.4 is 0 Å². The van der Waals surface area contributed by atoms with Crippen molar-refractivity contribution >= 4 is 17.5 Å². The van der Waals surface area contributed by atoms with E-state index in [2.05, 4.69) is 13.2 Å². The van der Waals surface area contributed by atoms with Crippen LogP contribution in [0.1, 0.15) is 53.4 Å². The molecular weight excluding hydrogens is 316 g/mol. The van der Waals surface area contributed by atoms with Gasteiger partial charge < -0.3 is 4.74 Å². The van der Waals surface area contributed by atoms with E-state index in [0.29, 0.717) is 18.4 Å². The summed E-state index contributed by atoms with van der Waals surface area (Å²) in [6.45, 7) is 15.1. The van der Waals surface area contributed by atoms with E-state index in [1.807, 2.05) is 27.7 Å². The Morgan fingerprint density at radius 3 is 2.28 bits per heavy atom. The Balaban J connectivity index is 2.75. The first-order chi connectivity index (χ1) is 11.6. The van der Waals surface area contributed by atoms with E-state index < -0.39 is 22.4 Å². The van der Waals surface area contributed by atoms with E-state index >= 15 is 0 Å². The van der Waals surface area contributed by atoms with E-state index in [0.717, 1.165) is 0 Å². The van der Waals surface area contributed by atoms with E-state index in [9.17, 15) is 14.4 Å². The average molecular weight is 344 g/mol. The molecule has 0 N–H and O–H groups in total. The summed E-state index contributed by atoms with van der Waals surface area (Å²) in [5, 5.41) is 0. The van der Waals surface area contributed by atoms with Crippen LogP contribution >= 0.6 is 0 Å². The molecule has 1 aliphatic heterocycles. The molecule has 2 fully saturated rings. The highest BCUT2D eigenvalue weighted by molar-refractivity contribution is 6.16. The minimum absolute atomic E-state index is 0.0709. The van der Waals surface area contributed by atoms with Gasteiger partial charge in [-0.25, -0.2) is 0 Å². The zero-order valence-electron chi connectivity index (χ0n) is 15.7. The van der Waals surface area contributed by atoms with Gasteiger partial charge in [0.1, 0.15) is 5.41 Å².